The second-order valence-corrected chi connectivity index (χ2v) is 14.0. The van der Waals surface area contributed by atoms with Gasteiger partial charge in [-0.1, -0.05) is 49.6 Å². The third kappa shape index (κ3) is 10.8. The minimum atomic E-state index is -2.46. The van der Waals surface area contributed by atoms with Gasteiger partial charge in [-0.15, -0.1) is 33.2 Å². The highest BCUT2D eigenvalue weighted by Gasteiger charge is 2.23. The van der Waals surface area contributed by atoms with Crippen LogP contribution < -0.4 is 0 Å². The van der Waals surface area contributed by atoms with Gasteiger partial charge in [0.2, 0.25) is 0 Å². The first-order valence-corrected chi connectivity index (χ1v) is 12.2. The van der Waals surface area contributed by atoms with Crippen LogP contribution in [0.4, 0.5) is 0 Å². The van der Waals surface area contributed by atoms with E-state index in [1.165, 1.54) is 6.08 Å². The molecule has 0 unspecified atom stereocenters. The Kier molecular flexibility index (Phi) is 9.09. The van der Waals surface area contributed by atoms with Crippen LogP contribution in [0.25, 0.3) is 6.08 Å². The van der Waals surface area contributed by atoms with Crippen molar-refractivity contribution in [2.75, 3.05) is 6.61 Å². The van der Waals surface area contributed by atoms with Gasteiger partial charge in [-0.25, -0.2) is 4.79 Å². The van der Waals surface area contributed by atoms with Crippen molar-refractivity contribution >= 4 is 51.3 Å². The molecule has 0 radical (unpaired) electrons. The van der Waals surface area contributed by atoms with Gasteiger partial charge in [0.15, 0.2) is 0 Å². The van der Waals surface area contributed by atoms with Crippen molar-refractivity contribution in [3.63, 3.8) is 0 Å². The number of carbonyl (C=O) groups is 1. The summed E-state index contributed by atoms with van der Waals surface area (Å²) in [4.78, 5) is 11.5. The quantitative estimate of drug-likeness (QED) is 0.191. The van der Waals surface area contributed by atoms with Crippen molar-refractivity contribution in [2.45, 2.75) is 31.7 Å². The number of hydrogen-bond donors (Lipinski definition) is 0. The molecule has 0 aliphatic carbocycles. The van der Waals surface area contributed by atoms with Crippen molar-refractivity contribution in [3.8, 4) is 0 Å². The molecule has 0 amide bonds. The first kappa shape index (κ1) is 18.6. The summed E-state index contributed by atoms with van der Waals surface area (Å²) in [5, 5.41) is 0. The third-order valence-electron chi connectivity index (χ3n) is 2.81. The molecule has 1 rings (SSSR count). The summed E-state index contributed by atoms with van der Waals surface area (Å²) in [6.45, 7) is 0.434. The number of unbranched alkanes of at least 4 members (excludes halogenated alkanes) is 3. The summed E-state index contributed by atoms with van der Waals surface area (Å²) in [6.07, 6.45) is 6.93. The Morgan fingerprint density at radius 1 is 1.05 bits per heavy atom. The summed E-state index contributed by atoms with van der Waals surface area (Å²) in [6, 6.07) is 7.86. The van der Waals surface area contributed by atoms with Crippen LogP contribution in [0.3, 0.4) is 0 Å². The van der Waals surface area contributed by atoms with E-state index in [1.54, 1.807) is 6.08 Å². The van der Waals surface area contributed by atoms with Gasteiger partial charge in [0, 0.05) is 6.08 Å². The van der Waals surface area contributed by atoms with Crippen molar-refractivity contribution in [1.82, 2.24) is 0 Å². The van der Waals surface area contributed by atoms with Gasteiger partial charge in [0.25, 0.3) is 0 Å². The predicted octanol–water partition coefficient (Wildman–Crippen LogP) is 5.46. The standard InChI is InChI=1S/C15H19Cl3O2Si/c16-21(17,18)13-7-2-1-6-12-20-15(19)11-10-14-8-4-3-5-9-14/h3-5,8-11H,1-2,6-7,12-13H2. The lowest BCUT2D eigenvalue weighted by atomic mass is 10.2. The summed E-state index contributed by atoms with van der Waals surface area (Å²) < 4.78 is 5.12. The highest BCUT2D eigenvalue weighted by atomic mass is 35.8. The molecule has 0 spiro atoms. The minimum Gasteiger partial charge on any atom is -0.463 e. The largest absolute Gasteiger partial charge is 0.463 e. The number of benzene rings is 1. The highest BCUT2D eigenvalue weighted by Crippen LogP contribution is 2.27. The average molecular weight is 366 g/mol. The zero-order chi connectivity index (χ0) is 15.6. The average Bonchev–Trinajstić information content (AvgIpc) is 2.44. The normalized spacial score (nSPS) is 11.8. The van der Waals surface area contributed by atoms with E-state index in [-0.39, 0.29) is 5.97 Å². The number of carbonyl (C=O) groups excluding carboxylic acids is 1. The Balaban J connectivity index is 2.05. The van der Waals surface area contributed by atoms with E-state index < -0.39 is 6.00 Å². The molecule has 0 aromatic heterocycles. The maximum absolute atomic E-state index is 11.5. The summed E-state index contributed by atoms with van der Waals surface area (Å²) in [5.74, 6) is -0.312. The molecule has 0 bridgehead atoms. The van der Waals surface area contributed by atoms with Crippen molar-refractivity contribution in [3.05, 3.63) is 42.0 Å². The molecule has 0 fully saturated rings. The molecular weight excluding hydrogens is 347 g/mol. The van der Waals surface area contributed by atoms with Gasteiger partial charge in [-0.3, -0.25) is 0 Å². The lowest BCUT2D eigenvalue weighted by Gasteiger charge is -2.06. The van der Waals surface area contributed by atoms with E-state index in [9.17, 15) is 4.79 Å². The molecule has 6 heteroatoms. The van der Waals surface area contributed by atoms with Crippen LogP contribution >= 0.6 is 33.2 Å². The summed E-state index contributed by atoms with van der Waals surface area (Å²) in [7, 11) is 0. The Labute approximate surface area is 141 Å². The Hall–Kier alpha value is -0.483. The van der Waals surface area contributed by atoms with Crippen LogP contribution in [-0.4, -0.2) is 18.6 Å². The number of halogens is 3. The molecule has 0 N–H and O–H groups in total. The van der Waals surface area contributed by atoms with E-state index in [0.717, 1.165) is 31.2 Å². The van der Waals surface area contributed by atoms with E-state index in [0.29, 0.717) is 12.7 Å². The number of ether oxygens (including phenoxy) is 1. The van der Waals surface area contributed by atoms with Gasteiger partial charge < -0.3 is 4.74 Å². The second-order valence-electron chi connectivity index (χ2n) is 4.69. The number of esters is 1. The monoisotopic (exact) mass is 364 g/mol. The molecule has 0 heterocycles. The van der Waals surface area contributed by atoms with Crippen LogP contribution in [0.5, 0.6) is 0 Å². The Bertz CT molecular complexity index is 444. The molecule has 0 aliphatic rings. The molecule has 0 saturated carbocycles. The van der Waals surface area contributed by atoms with Crippen LogP contribution in [0.1, 0.15) is 31.2 Å². The summed E-state index contributed by atoms with van der Waals surface area (Å²) in [5.41, 5.74) is 0.977. The van der Waals surface area contributed by atoms with Crippen LogP contribution in [0.2, 0.25) is 6.04 Å². The molecule has 0 saturated heterocycles. The van der Waals surface area contributed by atoms with Crippen LogP contribution in [0, 0.1) is 0 Å². The fraction of sp³-hybridized carbons (Fsp3) is 0.400. The van der Waals surface area contributed by atoms with E-state index in [1.807, 2.05) is 30.3 Å². The van der Waals surface area contributed by atoms with E-state index >= 15 is 0 Å². The predicted molar refractivity (Wildman–Crippen MR) is 93.0 cm³/mol. The molecule has 0 atom stereocenters. The van der Waals surface area contributed by atoms with Crippen LogP contribution in [-0.2, 0) is 9.53 Å². The summed E-state index contributed by atoms with van der Waals surface area (Å²) >= 11 is 17.4. The molecule has 21 heavy (non-hydrogen) atoms. The maximum Gasteiger partial charge on any atom is 0.341 e. The number of hydrogen-bond acceptors (Lipinski definition) is 2. The van der Waals surface area contributed by atoms with Crippen molar-refractivity contribution in [1.29, 1.82) is 0 Å². The van der Waals surface area contributed by atoms with Gasteiger partial charge in [-0.05, 0) is 24.1 Å². The fourth-order valence-electron chi connectivity index (χ4n) is 1.73. The Morgan fingerprint density at radius 3 is 2.38 bits per heavy atom. The highest BCUT2D eigenvalue weighted by molar-refractivity contribution is 7.64. The van der Waals surface area contributed by atoms with Gasteiger partial charge in [0.05, 0.1) is 6.61 Å². The van der Waals surface area contributed by atoms with E-state index in [2.05, 4.69) is 0 Å². The first-order chi connectivity index (χ1) is 9.97. The van der Waals surface area contributed by atoms with Gasteiger partial charge in [0.1, 0.15) is 0 Å². The topological polar surface area (TPSA) is 26.3 Å². The second kappa shape index (κ2) is 10.3. The smallest absolute Gasteiger partial charge is 0.341 e. The molecule has 2 nitrogen and oxygen atoms in total. The zero-order valence-corrected chi connectivity index (χ0v) is 15.0. The lowest BCUT2D eigenvalue weighted by molar-refractivity contribution is -0.137. The first-order valence-electron chi connectivity index (χ1n) is 6.94. The third-order valence-corrected chi connectivity index (χ3v) is 5.43. The maximum atomic E-state index is 11.5. The fourth-order valence-corrected chi connectivity index (χ4v) is 3.58. The zero-order valence-electron chi connectivity index (χ0n) is 11.7. The SMILES string of the molecule is O=C(C=Cc1ccccc1)OCCCCCC[Si](Cl)(Cl)Cl. The van der Waals surface area contributed by atoms with E-state index in [4.69, 9.17) is 38.0 Å². The van der Waals surface area contributed by atoms with Crippen LogP contribution in [0.15, 0.2) is 36.4 Å². The molecule has 0 aliphatic heterocycles. The minimum absolute atomic E-state index is 0.312. The number of rotatable bonds is 9. The van der Waals surface area contributed by atoms with Gasteiger partial charge >= 0.3 is 12.0 Å². The Morgan fingerprint density at radius 2 is 1.71 bits per heavy atom. The molecular formula is C15H19Cl3O2Si. The molecule has 1 aromatic carbocycles. The van der Waals surface area contributed by atoms with Gasteiger partial charge in [-0.2, -0.15) is 0 Å². The van der Waals surface area contributed by atoms with Crippen molar-refractivity contribution in [2.24, 2.45) is 0 Å². The molecule has 116 valence electrons. The lowest BCUT2D eigenvalue weighted by Crippen LogP contribution is -2.07. The van der Waals surface area contributed by atoms with Crippen molar-refractivity contribution < 1.29 is 9.53 Å². The molecule has 1 aromatic rings.